The Bertz CT molecular complexity index is 1150. The third-order valence-electron chi connectivity index (χ3n) is 4.35. The van der Waals surface area contributed by atoms with E-state index in [1.807, 2.05) is 0 Å². The Kier molecular flexibility index (Phi) is 4.83. The van der Waals surface area contributed by atoms with Crippen molar-refractivity contribution in [1.82, 2.24) is 0 Å². The van der Waals surface area contributed by atoms with Crippen molar-refractivity contribution in [2.75, 3.05) is 7.11 Å². The molecule has 0 aliphatic carbocycles. The number of methoxy groups -OCH3 is 1. The first-order valence-electron chi connectivity index (χ1n) is 8.74. The van der Waals surface area contributed by atoms with Crippen LogP contribution in [-0.4, -0.2) is 18.9 Å². The molecule has 29 heavy (non-hydrogen) atoms. The Morgan fingerprint density at radius 1 is 1.00 bits per heavy atom. The van der Waals surface area contributed by atoms with Gasteiger partial charge in [0.1, 0.15) is 23.1 Å². The molecule has 0 N–H and O–H groups in total. The van der Waals surface area contributed by atoms with Gasteiger partial charge in [0.2, 0.25) is 5.78 Å². The molecule has 1 heterocycles. The summed E-state index contributed by atoms with van der Waals surface area (Å²) in [5, 5.41) is 0. The Labute approximate surface area is 166 Å². The van der Waals surface area contributed by atoms with Gasteiger partial charge in [-0.1, -0.05) is 24.3 Å². The lowest BCUT2D eigenvalue weighted by molar-refractivity contribution is 0.0734. The average molecular weight is 390 g/mol. The molecular weight excluding hydrogens is 375 g/mol. The van der Waals surface area contributed by atoms with Gasteiger partial charge in [0.15, 0.2) is 5.76 Å². The molecule has 0 atom stereocenters. The highest BCUT2D eigenvalue weighted by Gasteiger charge is 2.28. The van der Waals surface area contributed by atoms with Crippen molar-refractivity contribution in [3.05, 3.63) is 95.0 Å². The quantitative estimate of drug-likeness (QED) is 0.368. The van der Waals surface area contributed by atoms with Crippen LogP contribution in [-0.2, 0) is 0 Å². The van der Waals surface area contributed by atoms with E-state index in [1.165, 1.54) is 37.5 Å². The number of Topliss-reactive ketones (excluding diaryl/α,β-unsaturated/α-hetero) is 1. The molecule has 1 aliphatic rings. The number of carbonyl (C=O) groups excluding carboxylic acids is 2. The normalized spacial score (nSPS) is 13.7. The van der Waals surface area contributed by atoms with E-state index in [4.69, 9.17) is 14.2 Å². The summed E-state index contributed by atoms with van der Waals surface area (Å²) in [7, 11) is 1.51. The van der Waals surface area contributed by atoms with Crippen molar-refractivity contribution >= 4 is 17.8 Å². The Hall–Kier alpha value is -3.93. The highest BCUT2D eigenvalue weighted by atomic mass is 19.1. The number of esters is 1. The molecule has 0 spiro atoms. The van der Waals surface area contributed by atoms with Crippen molar-refractivity contribution in [2.45, 2.75) is 0 Å². The van der Waals surface area contributed by atoms with Crippen LogP contribution in [0.2, 0.25) is 0 Å². The highest BCUT2D eigenvalue weighted by molar-refractivity contribution is 6.14. The topological polar surface area (TPSA) is 61.8 Å². The van der Waals surface area contributed by atoms with Gasteiger partial charge in [0.25, 0.3) is 0 Å². The maximum absolute atomic E-state index is 13.8. The molecule has 0 radical (unpaired) electrons. The molecule has 0 saturated carbocycles. The second-order valence-electron chi connectivity index (χ2n) is 6.24. The number of rotatable bonds is 4. The van der Waals surface area contributed by atoms with Crippen molar-refractivity contribution in [2.24, 2.45) is 0 Å². The number of hydrogen-bond donors (Lipinski definition) is 0. The van der Waals surface area contributed by atoms with Crippen LogP contribution in [0.3, 0.4) is 0 Å². The van der Waals surface area contributed by atoms with Crippen molar-refractivity contribution < 1.29 is 28.2 Å². The summed E-state index contributed by atoms with van der Waals surface area (Å²) in [4.78, 5) is 24.9. The number of halogens is 1. The van der Waals surface area contributed by atoms with Gasteiger partial charge in [-0.3, -0.25) is 4.79 Å². The summed E-state index contributed by atoms with van der Waals surface area (Å²) in [6, 6.07) is 17.1. The standard InChI is InChI=1S/C23H15FO5/c1-27-16-7-4-6-15(11-16)23(26)28-17-9-10-18-20(13-17)29-21(22(18)25)12-14-5-2-3-8-19(14)24/h2-13H,1H3/b21-12+. The monoisotopic (exact) mass is 390 g/mol. The lowest BCUT2D eigenvalue weighted by Crippen LogP contribution is -2.08. The molecule has 0 bridgehead atoms. The van der Waals surface area contributed by atoms with Crippen LogP contribution in [0.1, 0.15) is 26.3 Å². The van der Waals surface area contributed by atoms with Gasteiger partial charge in [0, 0.05) is 11.6 Å². The van der Waals surface area contributed by atoms with Crippen LogP contribution in [0.4, 0.5) is 4.39 Å². The van der Waals surface area contributed by atoms with Crippen LogP contribution >= 0.6 is 0 Å². The number of hydrogen-bond acceptors (Lipinski definition) is 5. The first-order chi connectivity index (χ1) is 14.0. The van der Waals surface area contributed by atoms with Gasteiger partial charge in [-0.05, 0) is 42.5 Å². The van der Waals surface area contributed by atoms with Gasteiger partial charge in [0.05, 0.1) is 18.2 Å². The summed E-state index contributed by atoms with van der Waals surface area (Å²) >= 11 is 0. The second kappa shape index (κ2) is 7.59. The van der Waals surface area contributed by atoms with Gasteiger partial charge in [-0.25, -0.2) is 9.18 Å². The molecular formula is C23H15FO5. The zero-order chi connectivity index (χ0) is 20.4. The summed E-state index contributed by atoms with van der Waals surface area (Å²) in [6.07, 6.45) is 1.35. The first kappa shape index (κ1) is 18.4. The zero-order valence-corrected chi connectivity index (χ0v) is 15.3. The number of ketones is 1. The molecule has 0 aromatic heterocycles. The fourth-order valence-electron chi connectivity index (χ4n) is 2.88. The van der Waals surface area contributed by atoms with Gasteiger partial charge >= 0.3 is 5.97 Å². The lowest BCUT2D eigenvalue weighted by atomic mass is 10.1. The molecule has 1 aliphatic heterocycles. The van der Waals surface area contributed by atoms with Crippen LogP contribution in [0.25, 0.3) is 6.08 Å². The third kappa shape index (κ3) is 3.73. The third-order valence-corrected chi connectivity index (χ3v) is 4.35. The number of ether oxygens (including phenoxy) is 3. The van der Waals surface area contributed by atoms with E-state index in [1.54, 1.807) is 42.5 Å². The fraction of sp³-hybridized carbons (Fsp3) is 0.0435. The fourth-order valence-corrected chi connectivity index (χ4v) is 2.88. The molecule has 3 aromatic carbocycles. The summed E-state index contributed by atoms with van der Waals surface area (Å²) < 4.78 is 29.9. The van der Waals surface area contributed by atoms with Crippen molar-refractivity contribution in [3.8, 4) is 17.2 Å². The minimum atomic E-state index is -0.574. The first-order valence-corrected chi connectivity index (χ1v) is 8.74. The van der Waals surface area contributed by atoms with Crippen LogP contribution < -0.4 is 14.2 Å². The minimum Gasteiger partial charge on any atom is -0.497 e. The molecule has 0 saturated heterocycles. The number of fused-ring (bicyclic) bond motifs is 1. The maximum Gasteiger partial charge on any atom is 0.343 e. The molecule has 3 aromatic rings. The molecule has 0 amide bonds. The smallest absolute Gasteiger partial charge is 0.343 e. The predicted octanol–water partition coefficient (Wildman–Crippen LogP) is 4.67. The molecule has 0 unspecified atom stereocenters. The zero-order valence-electron chi connectivity index (χ0n) is 15.3. The Morgan fingerprint density at radius 3 is 2.62 bits per heavy atom. The second-order valence-corrected chi connectivity index (χ2v) is 6.24. The number of benzene rings is 3. The van der Waals surface area contributed by atoms with E-state index in [2.05, 4.69) is 0 Å². The number of carbonyl (C=O) groups is 2. The number of allylic oxidation sites excluding steroid dienone is 1. The molecule has 6 heteroatoms. The molecule has 4 rings (SSSR count). The van der Waals surface area contributed by atoms with E-state index >= 15 is 0 Å². The van der Waals surface area contributed by atoms with Crippen molar-refractivity contribution in [1.29, 1.82) is 0 Å². The predicted molar refractivity (Wildman–Crippen MR) is 104 cm³/mol. The minimum absolute atomic E-state index is 0.00127. The summed E-state index contributed by atoms with van der Waals surface area (Å²) in [5.41, 5.74) is 0.879. The maximum atomic E-state index is 13.8. The van der Waals surface area contributed by atoms with E-state index in [-0.39, 0.29) is 28.6 Å². The van der Waals surface area contributed by atoms with E-state index in [9.17, 15) is 14.0 Å². The Morgan fingerprint density at radius 2 is 1.83 bits per heavy atom. The van der Waals surface area contributed by atoms with E-state index in [0.717, 1.165) is 0 Å². The SMILES string of the molecule is COc1cccc(C(=O)Oc2ccc3c(c2)O/C(=C/c2ccccc2F)C3=O)c1. The van der Waals surface area contributed by atoms with Crippen molar-refractivity contribution in [3.63, 3.8) is 0 Å². The van der Waals surface area contributed by atoms with Crippen LogP contribution in [0.5, 0.6) is 17.2 Å². The van der Waals surface area contributed by atoms with E-state index < -0.39 is 11.8 Å². The average Bonchev–Trinajstić information content (AvgIpc) is 3.04. The molecule has 5 nitrogen and oxygen atoms in total. The highest BCUT2D eigenvalue weighted by Crippen LogP contribution is 2.35. The lowest BCUT2D eigenvalue weighted by Gasteiger charge is -2.07. The summed E-state index contributed by atoms with van der Waals surface area (Å²) in [5.74, 6) is -0.402. The van der Waals surface area contributed by atoms with E-state index in [0.29, 0.717) is 16.9 Å². The molecule has 0 fully saturated rings. The largest absolute Gasteiger partial charge is 0.497 e. The van der Waals surface area contributed by atoms with Crippen LogP contribution in [0.15, 0.2) is 72.5 Å². The van der Waals surface area contributed by atoms with Gasteiger partial charge in [-0.2, -0.15) is 0 Å². The Balaban J connectivity index is 1.56. The summed E-state index contributed by atoms with van der Waals surface area (Å²) in [6.45, 7) is 0. The van der Waals surface area contributed by atoms with Gasteiger partial charge < -0.3 is 14.2 Å². The van der Waals surface area contributed by atoms with Gasteiger partial charge in [-0.15, -0.1) is 0 Å². The molecule has 144 valence electrons. The van der Waals surface area contributed by atoms with Crippen LogP contribution in [0, 0.1) is 5.82 Å².